The lowest BCUT2D eigenvalue weighted by atomic mass is 9.62. The first-order chi connectivity index (χ1) is 7.67. The van der Waals surface area contributed by atoms with Gasteiger partial charge in [-0.1, -0.05) is 40.0 Å². The van der Waals surface area contributed by atoms with Crippen molar-refractivity contribution in [3.8, 4) is 0 Å². The van der Waals surface area contributed by atoms with Crippen LogP contribution in [-0.2, 0) is 4.79 Å². The van der Waals surface area contributed by atoms with E-state index in [0.717, 1.165) is 25.7 Å². The zero-order valence-corrected chi connectivity index (χ0v) is 12.6. The summed E-state index contributed by atoms with van der Waals surface area (Å²) in [7, 11) is 0. The molecule has 0 bridgehead atoms. The van der Waals surface area contributed by atoms with Crippen molar-refractivity contribution in [2.24, 2.45) is 10.8 Å². The highest BCUT2D eigenvalue weighted by atomic mass is 16.4. The molecule has 0 saturated carbocycles. The fraction of sp³-hybridized carbons (Fsp3) is 0.929. The minimum Gasteiger partial charge on any atom is -0.481 e. The zero-order chi connectivity index (χ0) is 13.7. The van der Waals surface area contributed by atoms with E-state index in [1.807, 2.05) is 13.8 Å². The van der Waals surface area contributed by atoms with Gasteiger partial charge in [0.05, 0.1) is 11.5 Å². The molecule has 4 nitrogen and oxygen atoms in total. The van der Waals surface area contributed by atoms with Gasteiger partial charge in [0.2, 0.25) is 0 Å². The van der Waals surface area contributed by atoms with Crippen LogP contribution in [0.2, 0.25) is 0 Å². The van der Waals surface area contributed by atoms with Crippen LogP contribution in [0.5, 0.6) is 0 Å². The highest BCUT2D eigenvalue weighted by molar-refractivity contribution is 5.75. The number of carboxylic acids is 1. The molecule has 5 N–H and O–H groups in total. The van der Waals surface area contributed by atoms with E-state index in [9.17, 15) is 15.0 Å². The predicted molar refractivity (Wildman–Crippen MR) is 75.0 cm³/mol. The van der Waals surface area contributed by atoms with E-state index < -0.39 is 17.5 Å². The van der Waals surface area contributed by atoms with Crippen molar-refractivity contribution in [3.05, 3.63) is 0 Å². The standard InChI is InChI=1S/C14H28O3.H3N/c1-6-7-8-9-13(3,4)14(5,12(16)17)10-11(2)15;/h11,15H,6-10H2,1-5H3,(H,16,17);1H3. The number of carboxylic acid groups (broad SMARTS) is 1. The Bertz CT molecular complexity index is 251. The fourth-order valence-corrected chi connectivity index (χ4v) is 2.34. The Hall–Kier alpha value is -0.610. The second-order valence-corrected chi connectivity index (χ2v) is 6.03. The van der Waals surface area contributed by atoms with Crippen LogP contribution in [0.15, 0.2) is 0 Å². The molecular weight excluding hydrogens is 230 g/mol. The topological polar surface area (TPSA) is 92.5 Å². The molecular formula is C14H31NO3. The lowest BCUT2D eigenvalue weighted by Crippen LogP contribution is -2.44. The van der Waals surface area contributed by atoms with Gasteiger partial charge in [-0.3, -0.25) is 4.79 Å². The van der Waals surface area contributed by atoms with Crippen LogP contribution >= 0.6 is 0 Å². The fourth-order valence-electron chi connectivity index (χ4n) is 2.34. The molecule has 0 aliphatic carbocycles. The van der Waals surface area contributed by atoms with Crippen LogP contribution in [0.3, 0.4) is 0 Å². The monoisotopic (exact) mass is 261 g/mol. The van der Waals surface area contributed by atoms with Crippen LogP contribution in [0.25, 0.3) is 0 Å². The summed E-state index contributed by atoms with van der Waals surface area (Å²) in [6.45, 7) is 9.55. The second-order valence-electron chi connectivity index (χ2n) is 6.03. The van der Waals surface area contributed by atoms with E-state index >= 15 is 0 Å². The van der Waals surface area contributed by atoms with Gasteiger partial charge in [0.1, 0.15) is 0 Å². The maximum absolute atomic E-state index is 11.5. The number of aliphatic hydroxyl groups excluding tert-OH is 1. The van der Waals surface area contributed by atoms with Crippen molar-refractivity contribution in [2.45, 2.75) is 72.8 Å². The van der Waals surface area contributed by atoms with Crippen molar-refractivity contribution in [3.63, 3.8) is 0 Å². The molecule has 2 unspecified atom stereocenters. The summed E-state index contributed by atoms with van der Waals surface area (Å²) in [6, 6.07) is 0. The van der Waals surface area contributed by atoms with Crippen LogP contribution in [0, 0.1) is 10.8 Å². The van der Waals surface area contributed by atoms with Gasteiger partial charge in [-0.15, -0.1) is 0 Å². The molecule has 0 heterocycles. The van der Waals surface area contributed by atoms with Gasteiger partial charge < -0.3 is 16.4 Å². The van der Waals surface area contributed by atoms with Gasteiger partial charge in [0.15, 0.2) is 0 Å². The molecule has 0 saturated heterocycles. The normalized spacial score (nSPS) is 16.6. The minimum absolute atomic E-state index is 0. The summed E-state index contributed by atoms with van der Waals surface area (Å²) in [6.07, 6.45) is 3.93. The Morgan fingerprint density at radius 1 is 1.22 bits per heavy atom. The van der Waals surface area contributed by atoms with E-state index in [4.69, 9.17) is 0 Å². The summed E-state index contributed by atoms with van der Waals surface area (Å²) in [4.78, 5) is 11.5. The first-order valence-corrected chi connectivity index (χ1v) is 6.59. The smallest absolute Gasteiger partial charge is 0.309 e. The first kappa shape index (κ1) is 19.7. The Balaban J connectivity index is 0. The van der Waals surface area contributed by atoms with Crippen molar-refractivity contribution in [1.82, 2.24) is 6.15 Å². The minimum atomic E-state index is -0.866. The summed E-state index contributed by atoms with van der Waals surface area (Å²) < 4.78 is 0. The quantitative estimate of drug-likeness (QED) is 0.582. The molecule has 0 amide bonds. The van der Waals surface area contributed by atoms with E-state index in [1.165, 1.54) is 0 Å². The maximum Gasteiger partial charge on any atom is 0.309 e. The molecule has 0 radical (unpaired) electrons. The van der Waals surface area contributed by atoms with E-state index in [1.54, 1.807) is 13.8 Å². The summed E-state index contributed by atoms with van der Waals surface area (Å²) in [5.74, 6) is -0.806. The van der Waals surface area contributed by atoms with Crippen LogP contribution in [0.1, 0.15) is 66.7 Å². The molecule has 18 heavy (non-hydrogen) atoms. The van der Waals surface area contributed by atoms with E-state index in [-0.39, 0.29) is 11.6 Å². The molecule has 0 spiro atoms. The van der Waals surface area contributed by atoms with Crippen molar-refractivity contribution in [2.75, 3.05) is 0 Å². The summed E-state index contributed by atoms with van der Waals surface area (Å²) in [5.41, 5.74) is -1.17. The number of unbranched alkanes of at least 4 members (excludes halogenated alkanes) is 2. The number of aliphatic carboxylic acids is 1. The molecule has 0 fully saturated rings. The van der Waals surface area contributed by atoms with Gasteiger partial charge in [-0.2, -0.15) is 0 Å². The molecule has 4 heteroatoms. The van der Waals surface area contributed by atoms with Crippen molar-refractivity contribution < 1.29 is 15.0 Å². The van der Waals surface area contributed by atoms with Gasteiger partial charge in [-0.25, -0.2) is 0 Å². The average molecular weight is 261 g/mol. The number of rotatable bonds is 8. The predicted octanol–water partition coefficient (Wildman–Crippen LogP) is 3.62. The highest BCUT2D eigenvalue weighted by Crippen LogP contribution is 2.46. The third-order valence-electron chi connectivity index (χ3n) is 4.07. The van der Waals surface area contributed by atoms with Gasteiger partial charge in [0, 0.05) is 0 Å². The highest BCUT2D eigenvalue weighted by Gasteiger charge is 2.47. The number of hydrogen-bond acceptors (Lipinski definition) is 3. The summed E-state index contributed by atoms with van der Waals surface area (Å²) >= 11 is 0. The Morgan fingerprint density at radius 3 is 2.06 bits per heavy atom. The van der Waals surface area contributed by atoms with Gasteiger partial charge >= 0.3 is 5.97 Å². The van der Waals surface area contributed by atoms with Crippen LogP contribution < -0.4 is 6.15 Å². The molecule has 0 rings (SSSR count). The lowest BCUT2D eigenvalue weighted by molar-refractivity contribution is -0.158. The number of carbonyl (C=O) groups is 1. The molecule has 110 valence electrons. The number of hydrogen-bond donors (Lipinski definition) is 3. The largest absolute Gasteiger partial charge is 0.481 e. The first-order valence-electron chi connectivity index (χ1n) is 6.59. The van der Waals surface area contributed by atoms with E-state index in [2.05, 4.69) is 6.92 Å². The SMILES string of the molecule is CCCCCC(C)(C)C(C)(CC(C)O)C(=O)O.N. The van der Waals surface area contributed by atoms with Gasteiger partial charge in [0.25, 0.3) is 0 Å². The third kappa shape index (κ3) is 4.94. The zero-order valence-electron chi connectivity index (χ0n) is 12.6. The van der Waals surface area contributed by atoms with Crippen LogP contribution in [0.4, 0.5) is 0 Å². The molecule has 2 atom stereocenters. The van der Waals surface area contributed by atoms with Crippen LogP contribution in [-0.4, -0.2) is 22.3 Å². The summed E-state index contributed by atoms with van der Waals surface area (Å²) in [5, 5.41) is 19.0. The lowest BCUT2D eigenvalue weighted by Gasteiger charge is -2.42. The third-order valence-corrected chi connectivity index (χ3v) is 4.07. The Kier molecular flexibility index (Phi) is 8.49. The second kappa shape index (κ2) is 7.74. The molecule has 0 aromatic heterocycles. The molecule has 0 aromatic carbocycles. The van der Waals surface area contributed by atoms with E-state index in [0.29, 0.717) is 6.42 Å². The van der Waals surface area contributed by atoms with Gasteiger partial charge in [-0.05, 0) is 32.1 Å². The number of aliphatic hydroxyl groups is 1. The molecule has 0 aliphatic rings. The molecule has 0 aliphatic heterocycles. The van der Waals surface area contributed by atoms with Crippen molar-refractivity contribution >= 4 is 5.97 Å². The Morgan fingerprint density at radius 2 is 1.72 bits per heavy atom. The maximum atomic E-state index is 11.5. The van der Waals surface area contributed by atoms with Crippen molar-refractivity contribution in [1.29, 1.82) is 0 Å². The average Bonchev–Trinajstić information content (AvgIpc) is 2.16. The Labute approximate surface area is 111 Å². The molecule has 0 aromatic rings.